The van der Waals surface area contributed by atoms with E-state index >= 15 is 0 Å². The van der Waals surface area contributed by atoms with Crippen molar-refractivity contribution < 1.29 is 9.47 Å². The molecule has 0 aliphatic carbocycles. The van der Waals surface area contributed by atoms with E-state index in [4.69, 9.17) is 21.1 Å². The third-order valence-electron chi connectivity index (χ3n) is 3.34. The Bertz CT molecular complexity index is 676. The monoisotopic (exact) mass is 445 g/mol. The van der Waals surface area contributed by atoms with Gasteiger partial charge in [-0.3, -0.25) is 0 Å². The van der Waals surface area contributed by atoms with Crippen LogP contribution in [0.15, 0.2) is 30.3 Å². The lowest BCUT2D eigenvalue weighted by molar-refractivity contribution is 0.286. The Hall–Kier alpha value is -1.14. The molecule has 3 nitrogen and oxygen atoms in total. The second-order valence-corrected chi connectivity index (χ2v) is 6.68. The molecule has 0 heterocycles. The van der Waals surface area contributed by atoms with Crippen molar-refractivity contribution in [3.8, 4) is 11.5 Å². The zero-order valence-corrected chi connectivity index (χ0v) is 16.5. The van der Waals surface area contributed by atoms with E-state index in [-0.39, 0.29) is 0 Å². The van der Waals surface area contributed by atoms with Gasteiger partial charge < -0.3 is 14.8 Å². The Labute approximate surface area is 156 Å². The number of benzene rings is 2. The first kappa shape index (κ1) is 18.2. The first-order valence-corrected chi connectivity index (χ1v) is 9.08. The molecule has 2 rings (SSSR count). The molecule has 5 heteroatoms. The lowest BCUT2D eigenvalue weighted by atomic mass is 10.1. The van der Waals surface area contributed by atoms with Gasteiger partial charge in [-0.1, -0.05) is 17.7 Å². The maximum Gasteiger partial charge on any atom is 0.174 e. The van der Waals surface area contributed by atoms with Gasteiger partial charge in [-0.05, 0) is 78.8 Å². The number of rotatable bonds is 7. The van der Waals surface area contributed by atoms with Gasteiger partial charge in [0.25, 0.3) is 0 Å². The second kappa shape index (κ2) is 8.64. The number of hydrogen-bond acceptors (Lipinski definition) is 3. The summed E-state index contributed by atoms with van der Waals surface area (Å²) in [7, 11) is 0. The summed E-state index contributed by atoms with van der Waals surface area (Å²) >= 11 is 8.36. The molecule has 0 unspecified atom stereocenters. The maximum atomic E-state index is 6.07. The largest absolute Gasteiger partial charge is 0.490 e. The molecule has 0 saturated heterocycles. The predicted molar refractivity (Wildman–Crippen MR) is 105 cm³/mol. The van der Waals surface area contributed by atoms with Crippen LogP contribution < -0.4 is 14.8 Å². The van der Waals surface area contributed by atoms with Crippen molar-refractivity contribution in [1.29, 1.82) is 0 Å². The van der Waals surface area contributed by atoms with Crippen LogP contribution >= 0.6 is 34.2 Å². The standard InChI is InChI=1S/C18H21ClINO2/c1-4-22-17-9-13(8-15(20)18(17)23-5-2)11-21-16-10-14(19)7-6-12(16)3/h6-10,21H,4-5,11H2,1-3H3. The summed E-state index contributed by atoms with van der Waals surface area (Å²) in [5.74, 6) is 1.61. The third kappa shape index (κ3) is 4.91. The van der Waals surface area contributed by atoms with E-state index in [1.54, 1.807) is 0 Å². The molecule has 0 aromatic heterocycles. The molecule has 0 amide bonds. The van der Waals surface area contributed by atoms with Crippen molar-refractivity contribution in [2.24, 2.45) is 0 Å². The fourth-order valence-electron chi connectivity index (χ4n) is 2.25. The summed E-state index contributed by atoms with van der Waals surface area (Å²) < 4.78 is 12.5. The van der Waals surface area contributed by atoms with Crippen molar-refractivity contribution in [3.05, 3.63) is 50.1 Å². The quantitative estimate of drug-likeness (QED) is 0.558. The van der Waals surface area contributed by atoms with Crippen LogP contribution in [-0.2, 0) is 6.54 Å². The SMILES string of the molecule is CCOc1cc(CNc2cc(Cl)ccc2C)cc(I)c1OCC. The Morgan fingerprint density at radius 2 is 1.83 bits per heavy atom. The third-order valence-corrected chi connectivity index (χ3v) is 4.38. The number of anilines is 1. The van der Waals surface area contributed by atoms with Gasteiger partial charge in [0.05, 0.1) is 16.8 Å². The molecular formula is C18H21ClINO2. The normalized spacial score (nSPS) is 10.5. The van der Waals surface area contributed by atoms with E-state index in [9.17, 15) is 0 Å². The lowest BCUT2D eigenvalue weighted by Crippen LogP contribution is -2.05. The van der Waals surface area contributed by atoms with E-state index < -0.39 is 0 Å². The van der Waals surface area contributed by atoms with Crippen molar-refractivity contribution in [1.82, 2.24) is 0 Å². The van der Waals surface area contributed by atoms with Crippen molar-refractivity contribution >= 4 is 39.9 Å². The zero-order valence-electron chi connectivity index (χ0n) is 13.6. The Kier molecular flexibility index (Phi) is 6.84. The fraction of sp³-hybridized carbons (Fsp3) is 0.333. The fourth-order valence-corrected chi connectivity index (χ4v) is 3.25. The summed E-state index contributed by atoms with van der Waals surface area (Å²) in [4.78, 5) is 0. The number of aryl methyl sites for hydroxylation is 1. The van der Waals surface area contributed by atoms with Crippen LogP contribution in [0.4, 0.5) is 5.69 Å². The highest BCUT2D eigenvalue weighted by Crippen LogP contribution is 2.34. The molecule has 0 aliphatic rings. The molecule has 124 valence electrons. The Balaban J connectivity index is 2.21. The van der Waals surface area contributed by atoms with Crippen molar-refractivity contribution in [2.75, 3.05) is 18.5 Å². The van der Waals surface area contributed by atoms with E-state index in [1.165, 1.54) is 5.56 Å². The molecule has 0 fully saturated rings. The maximum absolute atomic E-state index is 6.07. The summed E-state index contributed by atoms with van der Waals surface area (Å²) in [5.41, 5.74) is 3.35. The number of ether oxygens (including phenoxy) is 2. The number of hydrogen-bond donors (Lipinski definition) is 1. The minimum absolute atomic E-state index is 0.612. The van der Waals surface area contributed by atoms with Crippen LogP contribution in [0.3, 0.4) is 0 Å². The second-order valence-electron chi connectivity index (χ2n) is 5.08. The van der Waals surface area contributed by atoms with Gasteiger partial charge in [0.2, 0.25) is 0 Å². The Morgan fingerprint density at radius 1 is 1.09 bits per heavy atom. The molecule has 0 radical (unpaired) electrons. The molecule has 2 aromatic carbocycles. The van der Waals surface area contributed by atoms with Gasteiger partial charge in [0, 0.05) is 17.3 Å². The van der Waals surface area contributed by atoms with Gasteiger partial charge in [-0.15, -0.1) is 0 Å². The first-order chi connectivity index (χ1) is 11.0. The minimum atomic E-state index is 0.612. The molecule has 0 aliphatic heterocycles. The van der Waals surface area contributed by atoms with E-state index in [0.717, 1.165) is 31.3 Å². The van der Waals surface area contributed by atoms with Crippen LogP contribution in [0.2, 0.25) is 5.02 Å². The lowest BCUT2D eigenvalue weighted by Gasteiger charge is -2.16. The average Bonchev–Trinajstić information content (AvgIpc) is 2.52. The molecule has 0 saturated carbocycles. The minimum Gasteiger partial charge on any atom is -0.490 e. The highest BCUT2D eigenvalue weighted by molar-refractivity contribution is 14.1. The molecule has 2 aromatic rings. The van der Waals surface area contributed by atoms with Gasteiger partial charge >= 0.3 is 0 Å². The van der Waals surface area contributed by atoms with Crippen molar-refractivity contribution in [3.63, 3.8) is 0 Å². The van der Waals surface area contributed by atoms with Crippen molar-refractivity contribution in [2.45, 2.75) is 27.3 Å². The van der Waals surface area contributed by atoms with Crippen LogP contribution in [0.25, 0.3) is 0 Å². The highest BCUT2D eigenvalue weighted by Gasteiger charge is 2.12. The molecule has 0 bridgehead atoms. The Morgan fingerprint density at radius 3 is 2.52 bits per heavy atom. The first-order valence-electron chi connectivity index (χ1n) is 7.63. The predicted octanol–water partition coefficient (Wildman–Crippen LogP) is 5.66. The van der Waals surface area contributed by atoms with Gasteiger partial charge in [-0.2, -0.15) is 0 Å². The smallest absolute Gasteiger partial charge is 0.174 e. The summed E-state index contributed by atoms with van der Waals surface area (Å²) in [6.45, 7) is 7.94. The molecule has 0 atom stereocenters. The zero-order chi connectivity index (χ0) is 16.8. The van der Waals surface area contributed by atoms with E-state index in [0.29, 0.717) is 19.8 Å². The van der Waals surface area contributed by atoms with Crippen LogP contribution in [0, 0.1) is 10.5 Å². The van der Waals surface area contributed by atoms with Gasteiger partial charge in [0.15, 0.2) is 11.5 Å². The molecular weight excluding hydrogens is 425 g/mol. The van der Waals surface area contributed by atoms with E-state index in [1.807, 2.05) is 38.1 Å². The van der Waals surface area contributed by atoms with E-state index in [2.05, 4.69) is 40.9 Å². The summed E-state index contributed by atoms with van der Waals surface area (Å²) in [5, 5.41) is 4.16. The van der Waals surface area contributed by atoms with Crippen LogP contribution in [0.1, 0.15) is 25.0 Å². The van der Waals surface area contributed by atoms with Gasteiger partial charge in [-0.25, -0.2) is 0 Å². The molecule has 23 heavy (non-hydrogen) atoms. The van der Waals surface area contributed by atoms with Crippen LogP contribution in [-0.4, -0.2) is 13.2 Å². The highest BCUT2D eigenvalue weighted by atomic mass is 127. The number of nitrogens with one attached hydrogen (secondary N) is 1. The summed E-state index contributed by atoms with van der Waals surface area (Å²) in [6.07, 6.45) is 0. The average molecular weight is 446 g/mol. The topological polar surface area (TPSA) is 30.5 Å². The van der Waals surface area contributed by atoms with Crippen LogP contribution in [0.5, 0.6) is 11.5 Å². The molecule has 0 spiro atoms. The molecule has 1 N–H and O–H groups in total. The number of halogens is 2. The van der Waals surface area contributed by atoms with Gasteiger partial charge in [0.1, 0.15) is 0 Å². The summed E-state index contributed by atoms with van der Waals surface area (Å²) in [6, 6.07) is 10.00.